The van der Waals surface area contributed by atoms with Gasteiger partial charge in [0.25, 0.3) is 0 Å². The van der Waals surface area contributed by atoms with Gasteiger partial charge in [0.15, 0.2) is 0 Å². The number of phenols is 1. The summed E-state index contributed by atoms with van der Waals surface area (Å²) in [6, 6.07) is 14.5. The Labute approximate surface area is 232 Å². The highest BCUT2D eigenvalue weighted by atomic mass is 35.5. The third-order valence-electron chi connectivity index (χ3n) is 6.47. The van der Waals surface area contributed by atoms with E-state index in [0.717, 1.165) is 23.4 Å². The number of hydrogen-bond acceptors (Lipinski definition) is 7. The van der Waals surface area contributed by atoms with E-state index in [1.807, 2.05) is 29.3 Å². The van der Waals surface area contributed by atoms with E-state index < -0.39 is 17.6 Å². The zero-order valence-electron chi connectivity index (χ0n) is 21.4. The Bertz CT molecular complexity index is 1530. The summed E-state index contributed by atoms with van der Waals surface area (Å²) in [5.41, 5.74) is 4.45. The predicted molar refractivity (Wildman–Crippen MR) is 144 cm³/mol. The lowest BCUT2D eigenvalue weighted by Gasteiger charge is -2.24. The summed E-state index contributed by atoms with van der Waals surface area (Å²) in [6.07, 6.45) is -4.56. The molecule has 0 saturated heterocycles. The van der Waals surface area contributed by atoms with Gasteiger partial charge in [-0.1, -0.05) is 29.8 Å². The maximum atomic E-state index is 15.1. The molecule has 1 aliphatic heterocycles. The van der Waals surface area contributed by atoms with E-state index in [1.54, 1.807) is 14.0 Å². The van der Waals surface area contributed by atoms with Crippen molar-refractivity contribution in [3.63, 3.8) is 0 Å². The summed E-state index contributed by atoms with van der Waals surface area (Å²) in [5.74, 6) is -0.208. The van der Waals surface area contributed by atoms with E-state index in [9.17, 15) is 18.3 Å². The van der Waals surface area contributed by atoms with Gasteiger partial charge in [0, 0.05) is 13.1 Å². The van der Waals surface area contributed by atoms with Crippen LogP contribution in [-0.2, 0) is 19.3 Å². The minimum Gasteiger partial charge on any atom is -0.507 e. The lowest BCUT2D eigenvalue weighted by Crippen LogP contribution is -2.23. The molecule has 4 aromatic rings. The van der Waals surface area contributed by atoms with Crippen molar-refractivity contribution in [2.75, 3.05) is 24.0 Å². The molecule has 0 amide bonds. The van der Waals surface area contributed by atoms with Crippen molar-refractivity contribution in [1.82, 2.24) is 15.0 Å². The van der Waals surface area contributed by atoms with Gasteiger partial charge >= 0.3 is 6.18 Å². The Morgan fingerprint density at radius 3 is 2.48 bits per heavy atom. The summed E-state index contributed by atoms with van der Waals surface area (Å²) in [4.78, 5) is 10.8. The van der Waals surface area contributed by atoms with Crippen LogP contribution >= 0.6 is 11.6 Å². The molecule has 0 unspecified atom stereocenters. The highest BCUT2D eigenvalue weighted by molar-refractivity contribution is 6.33. The smallest absolute Gasteiger partial charge is 0.416 e. The number of phenolic OH excluding ortho intramolecular Hbond substituents is 1. The molecule has 208 valence electrons. The molecule has 0 aliphatic carbocycles. The Balaban J connectivity index is 1.57. The van der Waals surface area contributed by atoms with Crippen LogP contribution in [0.2, 0.25) is 5.02 Å². The minimum atomic E-state index is -4.56. The van der Waals surface area contributed by atoms with Gasteiger partial charge < -0.3 is 20.2 Å². The first-order valence-corrected chi connectivity index (χ1v) is 12.6. The number of hydrogen-bond donors (Lipinski definition) is 2. The standard InChI is InChI=1S/C28H24ClF4N5O2/c1-3-38(22-12-9-17(13-19(22)29)28(31,32)33)27-34-21-15-37(14-16-7-10-18(40-2)11-8-16)36-25(21)26(35-27)24-20(30)5-4-6-23(24)39/h4-13,36,39H,3,14-15H2,1-2H3. The van der Waals surface area contributed by atoms with Gasteiger partial charge in [-0.15, -0.1) is 0 Å². The van der Waals surface area contributed by atoms with Gasteiger partial charge in [-0.05, 0) is 55.0 Å². The lowest BCUT2D eigenvalue weighted by atomic mass is 10.1. The molecule has 3 aromatic carbocycles. The van der Waals surface area contributed by atoms with Crippen LogP contribution in [0.1, 0.15) is 23.7 Å². The summed E-state index contributed by atoms with van der Waals surface area (Å²) in [7, 11) is 1.58. The van der Waals surface area contributed by atoms with Crippen molar-refractivity contribution in [2.45, 2.75) is 26.2 Å². The van der Waals surface area contributed by atoms with Crippen LogP contribution in [0.25, 0.3) is 11.3 Å². The summed E-state index contributed by atoms with van der Waals surface area (Å²) < 4.78 is 60.0. The van der Waals surface area contributed by atoms with Crippen molar-refractivity contribution in [1.29, 1.82) is 0 Å². The lowest BCUT2D eigenvalue weighted by molar-refractivity contribution is -0.137. The molecule has 0 atom stereocenters. The number of nitrogens with zero attached hydrogens (tertiary/aromatic N) is 4. The van der Waals surface area contributed by atoms with Crippen LogP contribution < -0.4 is 15.1 Å². The SMILES string of the molecule is CCN(c1nc2c(c(-c3c(O)cccc3F)n1)NN(Cc1ccc(OC)cc1)C2)c1ccc(C(F)(F)F)cc1Cl. The second kappa shape index (κ2) is 10.8. The van der Waals surface area contributed by atoms with E-state index in [2.05, 4.69) is 15.4 Å². The van der Waals surface area contributed by atoms with Gasteiger partial charge in [0.1, 0.15) is 23.0 Å². The van der Waals surface area contributed by atoms with Crippen molar-refractivity contribution in [2.24, 2.45) is 0 Å². The van der Waals surface area contributed by atoms with Crippen LogP contribution in [0, 0.1) is 5.82 Å². The van der Waals surface area contributed by atoms with Crippen LogP contribution in [0.5, 0.6) is 11.5 Å². The fourth-order valence-electron chi connectivity index (χ4n) is 4.52. The third-order valence-corrected chi connectivity index (χ3v) is 6.77. The van der Waals surface area contributed by atoms with E-state index >= 15 is 4.39 Å². The third kappa shape index (κ3) is 5.34. The number of nitrogens with one attached hydrogen (secondary N) is 1. The van der Waals surface area contributed by atoms with E-state index in [0.29, 0.717) is 24.5 Å². The van der Waals surface area contributed by atoms with Crippen molar-refractivity contribution in [3.8, 4) is 22.8 Å². The zero-order valence-corrected chi connectivity index (χ0v) is 22.2. The monoisotopic (exact) mass is 573 g/mol. The highest BCUT2D eigenvalue weighted by Crippen LogP contribution is 2.42. The number of alkyl halides is 3. The van der Waals surface area contributed by atoms with Crippen molar-refractivity contribution >= 4 is 28.9 Å². The van der Waals surface area contributed by atoms with E-state index in [4.69, 9.17) is 16.3 Å². The number of ether oxygens (including phenoxy) is 1. The van der Waals surface area contributed by atoms with Crippen LogP contribution in [0.4, 0.5) is 34.9 Å². The predicted octanol–water partition coefficient (Wildman–Crippen LogP) is 7.17. The van der Waals surface area contributed by atoms with Gasteiger partial charge in [-0.3, -0.25) is 0 Å². The van der Waals surface area contributed by atoms with Crippen molar-refractivity contribution < 1.29 is 27.4 Å². The zero-order chi connectivity index (χ0) is 28.6. The molecule has 0 bridgehead atoms. The van der Waals surface area contributed by atoms with E-state index in [1.165, 1.54) is 29.2 Å². The molecule has 0 saturated carbocycles. The number of halogens is 5. The number of methoxy groups -OCH3 is 1. The fraction of sp³-hybridized carbons (Fsp3) is 0.214. The molecule has 5 rings (SSSR count). The number of aromatic hydroxyl groups is 1. The van der Waals surface area contributed by atoms with E-state index in [-0.39, 0.29) is 40.2 Å². The summed E-state index contributed by atoms with van der Waals surface area (Å²) >= 11 is 6.29. The topological polar surface area (TPSA) is 73.8 Å². The Kier molecular flexibility index (Phi) is 7.43. The van der Waals surface area contributed by atoms with Crippen LogP contribution in [0.15, 0.2) is 60.7 Å². The number of hydrazine groups is 1. The average molecular weight is 574 g/mol. The van der Waals surface area contributed by atoms with Gasteiger partial charge in [-0.25, -0.2) is 19.4 Å². The molecular weight excluding hydrogens is 550 g/mol. The first-order valence-electron chi connectivity index (χ1n) is 12.3. The van der Waals surface area contributed by atoms with Gasteiger partial charge in [0.2, 0.25) is 5.95 Å². The Hall–Kier alpha value is -4.09. The normalized spacial score (nSPS) is 13.2. The molecule has 40 heavy (non-hydrogen) atoms. The second-order valence-corrected chi connectivity index (χ2v) is 9.46. The largest absolute Gasteiger partial charge is 0.507 e. The molecule has 2 N–H and O–H groups in total. The molecule has 1 aliphatic rings. The molecule has 12 heteroatoms. The summed E-state index contributed by atoms with van der Waals surface area (Å²) in [6.45, 7) is 2.77. The molecule has 7 nitrogen and oxygen atoms in total. The van der Waals surface area contributed by atoms with Crippen LogP contribution in [0.3, 0.4) is 0 Å². The number of aromatic nitrogens is 2. The second-order valence-electron chi connectivity index (χ2n) is 9.05. The molecule has 0 spiro atoms. The molecule has 0 fully saturated rings. The quantitative estimate of drug-likeness (QED) is 0.227. The fourth-order valence-corrected chi connectivity index (χ4v) is 4.80. The van der Waals surface area contributed by atoms with Gasteiger partial charge in [0.05, 0.1) is 46.9 Å². The molecular formula is C28H24ClF4N5O2. The maximum Gasteiger partial charge on any atom is 0.416 e. The van der Waals surface area contributed by atoms with Crippen molar-refractivity contribution in [3.05, 3.63) is 88.3 Å². The number of anilines is 3. The molecule has 2 heterocycles. The Morgan fingerprint density at radius 2 is 1.85 bits per heavy atom. The average Bonchev–Trinajstić information content (AvgIpc) is 3.32. The number of benzene rings is 3. The molecule has 1 aromatic heterocycles. The highest BCUT2D eigenvalue weighted by Gasteiger charge is 2.33. The minimum absolute atomic E-state index is 0.0914. The summed E-state index contributed by atoms with van der Waals surface area (Å²) in [5, 5.41) is 12.3. The van der Waals surface area contributed by atoms with Gasteiger partial charge in [-0.2, -0.15) is 13.2 Å². The number of fused-ring (bicyclic) bond motifs is 1. The Morgan fingerprint density at radius 1 is 1.10 bits per heavy atom. The number of rotatable bonds is 7. The first kappa shape index (κ1) is 27.5. The first-order chi connectivity index (χ1) is 19.1. The van der Waals surface area contributed by atoms with Crippen LogP contribution in [-0.4, -0.2) is 33.7 Å². The maximum absolute atomic E-state index is 15.1. The molecule has 0 radical (unpaired) electrons.